The van der Waals surface area contributed by atoms with Crippen LogP contribution in [0.15, 0.2) is 30.7 Å². The molecule has 1 aliphatic rings. The van der Waals surface area contributed by atoms with Crippen LogP contribution in [0, 0.1) is 6.92 Å². The molecule has 120 valence electrons. The minimum Gasteiger partial charge on any atom is -0.359 e. The van der Waals surface area contributed by atoms with Gasteiger partial charge in [-0.05, 0) is 24.6 Å². The Hall–Kier alpha value is -2.70. The maximum absolute atomic E-state index is 12.7. The van der Waals surface area contributed by atoms with Crippen LogP contribution in [-0.4, -0.2) is 45.1 Å². The maximum atomic E-state index is 12.7. The van der Waals surface area contributed by atoms with Gasteiger partial charge in [0.1, 0.15) is 0 Å². The molecule has 3 rings (SSSR count). The molecule has 0 aliphatic carbocycles. The monoisotopic (exact) mass is 313 g/mol. The van der Waals surface area contributed by atoms with Gasteiger partial charge in [0.25, 0.3) is 5.91 Å². The minimum atomic E-state index is -0.157. The largest absolute Gasteiger partial charge is 0.359 e. The molecule has 0 bridgehead atoms. The van der Waals surface area contributed by atoms with E-state index in [2.05, 4.69) is 15.4 Å². The molecular formula is C16H19N5O2. The Morgan fingerprint density at radius 3 is 2.96 bits per heavy atom. The summed E-state index contributed by atoms with van der Waals surface area (Å²) in [6.07, 6.45) is 5.29. The highest BCUT2D eigenvalue weighted by Crippen LogP contribution is 2.24. The quantitative estimate of drug-likeness (QED) is 0.914. The van der Waals surface area contributed by atoms with Gasteiger partial charge in [0.05, 0.1) is 30.3 Å². The number of amides is 2. The number of rotatable bonds is 3. The van der Waals surface area contributed by atoms with E-state index in [-0.39, 0.29) is 17.9 Å². The predicted molar refractivity (Wildman–Crippen MR) is 83.7 cm³/mol. The van der Waals surface area contributed by atoms with E-state index in [1.54, 1.807) is 30.5 Å². The number of aromatic nitrogens is 3. The first-order valence-electron chi connectivity index (χ1n) is 7.52. The van der Waals surface area contributed by atoms with Crippen LogP contribution in [0.25, 0.3) is 0 Å². The van der Waals surface area contributed by atoms with E-state index in [0.717, 1.165) is 11.3 Å². The van der Waals surface area contributed by atoms with Crippen LogP contribution in [0.2, 0.25) is 0 Å². The van der Waals surface area contributed by atoms with E-state index in [1.807, 2.05) is 23.7 Å². The third-order valence-electron chi connectivity index (χ3n) is 3.99. The van der Waals surface area contributed by atoms with Gasteiger partial charge < -0.3 is 10.2 Å². The SMILES string of the molecule is CNC(=O)CC1CN(C(=O)c2cncc(C)c2)Cc2ccnn21. The molecule has 7 heteroatoms. The molecule has 0 radical (unpaired) electrons. The Kier molecular flexibility index (Phi) is 4.10. The first-order chi connectivity index (χ1) is 11.1. The van der Waals surface area contributed by atoms with Crippen LogP contribution >= 0.6 is 0 Å². The molecule has 0 saturated heterocycles. The lowest BCUT2D eigenvalue weighted by Crippen LogP contribution is -2.42. The Bertz CT molecular complexity index is 740. The number of carbonyl (C=O) groups is 2. The van der Waals surface area contributed by atoms with Crippen LogP contribution < -0.4 is 5.32 Å². The van der Waals surface area contributed by atoms with Crippen molar-refractivity contribution >= 4 is 11.8 Å². The van der Waals surface area contributed by atoms with E-state index in [1.165, 1.54) is 0 Å². The fourth-order valence-corrected chi connectivity index (χ4v) is 2.86. The summed E-state index contributed by atoms with van der Waals surface area (Å²) in [7, 11) is 1.61. The Morgan fingerprint density at radius 2 is 2.22 bits per heavy atom. The summed E-state index contributed by atoms with van der Waals surface area (Å²) in [6.45, 7) is 2.84. The third-order valence-corrected chi connectivity index (χ3v) is 3.99. The Morgan fingerprint density at radius 1 is 1.39 bits per heavy atom. The van der Waals surface area contributed by atoms with Crippen molar-refractivity contribution in [3.05, 3.63) is 47.5 Å². The fraction of sp³-hybridized carbons (Fsp3) is 0.375. The first-order valence-corrected chi connectivity index (χ1v) is 7.52. The summed E-state index contributed by atoms with van der Waals surface area (Å²) in [6, 6.07) is 3.55. The van der Waals surface area contributed by atoms with Crippen molar-refractivity contribution in [3.8, 4) is 0 Å². The average molecular weight is 313 g/mol. The molecule has 7 nitrogen and oxygen atoms in total. The van der Waals surface area contributed by atoms with Crippen molar-refractivity contribution in [3.63, 3.8) is 0 Å². The normalized spacial score (nSPS) is 16.8. The summed E-state index contributed by atoms with van der Waals surface area (Å²) in [5.41, 5.74) is 2.44. The van der Waals surface area contributed by atoms with Crippen molar-refractivity contribution in [2.45, 2.75) is 25.9 Å². The first kappa shape index (κ1) is 15.2. The molecule has 0 saturated carbocycles. The molecular weight excluding hydrogens is 294 g/mol. The van der Waals surface area contributed by atoms with E-state index >= 15 is 0 Å². The molecule has 0 spiro atoms. The maximum Gasteiger partial charge on any atom is 0.255 e. The number of fused-ring (bicyclic) bond motifs is 1. The lowest BCUT2D eigenvalue weighted by atomic mass is 10.1. The second-order valence-electron chi connectivity index (χ2n) is 5.73. The minimum absolute atomic E-state index is 0.0667. The van der Waals surface area contributed by atoms with Gasteiger partial charge in [-0.1, -0.05) is 0 Å². The number of nitrogens with one attached hydrogen (secondary N) is 1. The zero-order valence-corrected chi connectivity index (χ0v) is 13.2. The van der Waals surface area contributed by atoms with Gasteiger partial charge in [-0.2, -0.15) is 5.10 Å². The summed E-state index contributed by atoms with van der Waals surface area (Å²) < 4.78 is 1.84. The van der Waals surface area contributed by atoms with Crippen molar-refractivity contribution < 1.29 is 9.59 Å². The smallest absolute Gasteiger partial charge is 0.255 e. The van der Waals surface area contributed by atoms with E-state index < -0.39 is 0 Å². The van der Waals surface area contributed by atoms with Crippen LogP contribution in [0.1, 0.15) is 34.1 Å². The Labute approximate surface area is 134 Å². The second kappa shape index (κ2) is 6.20. The highest BCUT2D eigenvalue weighted by atomic mass is 16.2. The zero-order chi connectivity index (χ0) is 16.4. The summed E-state index contributed by atoms with van der Waals surface area (Å²) in [5, 5.41) is 6.92. The number of hydrogen-bond acceptors (Lipinski definition) is 4. The number of pyridine rings is 1. The van der Waals surface area contributed by atoms with Crippen molar-refractivity contribution in [2.24, 2.45) is 0 Å². The van der Waals surface area contributed by atoms with E-state index in [4.69, 9.17) is 0 Å². The van der Waals surface area contributed by atoms with Crippen molar-refractivity contribution in [1.82, 2.24) is 25.0 Å². The lowest BCUT2D eigenvalue weighted by molar-refractivity contribution is -0.121. The van der Waals surface area contributed by atoms with E-state index in [0.29, 0.717) is 25.1 Å². The standard InChI is InChI=1S/C16H19N5O2/c1-11-5-12(8-18-7-11)16(23)20-9-13-3-4-19-21(13)14(10-20)6-15(22)17-2/h3-5,7-8,14H,6,9-10H2,1-2H3,(H,17,22). The average Bonchev–Trinajstić information content (AvgIpc) is 3.02. The molecule has 1 atom stereocenters. The number of nitrogens with zero attached hydrogens (tertiary/aromatic N) is 4. The molecule has 0 fully saturated rings. The zero-order valence-electron chi connectivity index (χ0n) is 13.2. The molecule has 1 unspecified atom stereocenters. The molecule has 2 aromatic heterocycles. The van der Waals surface area contributed by atoms with Gasteiger partial charge in [-0.15, -0.1) is 0 Å². The van der Waals surface area contributed by atoms with Crippen LogP contribution in [0.3, 0.4) is 0 Å². The summed E-state index contributed by atoms with van der Waals surface area (Å²) in [4.78, 5) is 30.3. The van der Waals surface area contributed by atoms with Gasteiger partial charge in [-0.25, -0.2) is 0 Å². The van der Waals surface area contributed by atoms with Gasteiger partial charge in [0, 0.05) is 32.2 Å². The van der Waals surface area contributed by atoms with Crippen molar-refractivity contribution in [2.75, 3.05) is 13.6 Å². The molecule has 2 amide bonds. The fourth-order valence-electron chi connectivity index (χ4n) is 2.86. The van der Waals surface area contributed by atoms with Gasteiger partial charge in [0.2, 0.25) is 5.91 Å². The summed E-state index contributed by atoms with van der Waals surface area (Å²) in [5.74, 6) is -0.140. The molecule has 3 heterocycles. The van der Waals surface area contributed by atoms with Gasteiger partial charge in [-0.3, -0.25) is 19.3 Å². The van der Waals surface area contributed by atoms with Gasteiger partial charge >= 0.3 is 0 Å². The molecule has 1 N–H and O–H groups in total. The van der Waals surface area contributed by atoms with Crippen LogP contribution in [-0.2, 0) is 11.3 Å². The molecule has 0 aromatic carbocycles. The highest BCUT2D eigenvalue weighted by molar-refractivity contribution is 5.94. The van der Waals surface area contributed by atoms with Crippen molar-refractivity contribution in [1.29, 1.82) is 0 Å². The molecule has 1 aliphatic heterocycles. The molecule has 23 heavy (non-hydrogen) atoms. The summed E-state index contributed by atoms with van der Waals surface area (Å²) >= 11 is 0. The number of hydrogen-bond donors (Lipinski definition) is 1. The highest BCUT2D eigenvalue weighted by Gasteiger charge is 2.30. The molecule has 2 aromatic rings. The lowest BCUT2D eigenvalue weighted by Gasteiger charge is -2.33. The number of carbonyl (C=O) groups excluding carboxylic acids is 2. The third kappa shape index (κ3) is 3.08. The Balaban J connectivity index is 1.85. The second-order valence-corrected chi connectivity index (χ2v) is 5.73. The number of aryl methyl sites for hydroxylation is 1. The van der Waals surface area contributed by atoms with Gasteiger partial charge in [0.15, 0.2) is 0 Å². The predicted octanol–water partition coefficient (Wildman–Crippen LogP) is 0.920. The van der Waals surface area contributed by atoms with Crippen LogP contribution in [0.5, 0.6) is 0 Å². The van der Waals surface area contributed by atoms with Crippen LogP contribution in [0.4, 0.5) is 0 Å². The topological polar surface area (TPSA) is 80.1 Å². The van der Waals surface area contributed by atoms with E-state index in [9.17, 15) is 9.59 Å².